The van der Waals surface area contributed by atoms with Crippen LogP contribution in [0.4, 0.5) is 0 Å². The van der Waals surface area contributed by atoms with E-state index in [1.165, 1.54) is 11.9 Å². The van der Waals surface area contributed by atoms with Gasteiger partial charge in [0.1, 0.15) is 0 Å². The van der Waals surface area contributed by atoms with Crippen molar-refractivity contribution in [2.45, 2.75) is 12.2 Å². The van der Waals surface area contributed by atoms with Crippen LogP contribution in [0.15, 0.2) is 17.2 Å². The molecule has 1 aliphatic heterocycles. The third-order valence-electron chi connectivity index (χ3n) is 1.90. The summed E-state index contributed by atoms with van der Waals surface area (Å²) < 4.78 is 0. The van der Waals surface area contributed by atoms with Crippen LogP contribution >= 0.6 is 0 Å². The Labute approximate surface area is 61.2 Å². The molecule has 0 aliphatic carbocycles. The average Bonchev–Trinajstić information content (AvgIpc) is 2.59. The molecule has 0 fully saturated rings. The number of nitrogens with zero attached hydrogens (tertiary/aromatic N) is 1. The van der Waals surface area contributed by atoms with Gasteiger partial charge in [-0.3, -0.25) is 0 Å². The minimum absolute atomic E-state index is 0.575. The van der Waals surface area contributed by atoms with E-state index in [4.69, 9.17) is 0 Å². The second-order valence-corrected chi connectivity index (χ2v) is 2.59. The van der Waals surface area contributed by atoms with Gasteiger partial charge < -0.3 is 0 Å². The first-order valence-electron chi connectivity index (χ1n) is 3.59. The summed E-state index contributed by atoms with van der Waals surface area (Å²) in [4.78, 5) is 7.23. The van der Waals surface area contributed by atoms with Gasteiger partial charge in [0.15, 0.2) is 0 Å². The molecule has 4 heteroatoms. The van der Waals surface area contributed by atoms with Crippen LogP contribution in [0.2, 0.25) is 0 Å². The molecular formula is C6H8B2N2. The molecule has 0 saturated heterocycles. The van der Waals surface area contributed by atoms with Crippen molar-refractivity contribution >= 4 is 14.1 Å². The molecule has 1 aromatic rings. The van der Waals surface area contributed by atoms with E-state index >= 15 is 0 Å². The summed E-state index contributed by atoms with van der Waals surface area (Å²) in [5, 5.41) is 0. The first-order valence-corrected chi connectivity index (χ1v) is 3.59. The second-order valence-electron chi connectivity index (χ2n) is 2.59. The van der Waals surface area contributed by atoms with Crippen molar-refractivity contribution in [1.29, 1.82) is 0 Å². The molecule has 0 aromatic carbocycles. The average molecular weight is 130 g/mol. The predicted molar refractivity (Wildman–Crippen MR) is 42.5 cm³/mol. The number of aromatic amines is 1. The number of hydrogen-bond donors (Lipinski definition) is 1. The molecule has 0 amide bonds. The van der Waals surface area contributed by atoms with E-state index in [2.05, 4.69) is 15.9 Å². The molecule has 0 spiro atoms. The Bertz CT molecular complexity index is 230. The zero-order valence-electron chi connectivity index (χ0n) is 5.75. The number of nitrogens with one attached hydrogen (secondary N) is 1. The summed E-state index contributed by atoms with van der Waals surface area (Å²) in [6.07, 6.45) is 3.14. The molecule has 0 radical (unpaired) electrons. The van der Waals surface area contributed by atoms with Crippen LogP contribution in [0.5, 0.6) is 0 Å². The first kappa shape index (κ1) is 6.08. The molecule has 1 aliphatic rings. The van der Waals surface area contributed by atoms with E-state index in [9.17, 15) is 0 Å². The van der Waals surface area contributed by atoms with Crippen LogP contribution < -0.4 is 0 Å². The topological polar surface area (TPSA) is 28.1 Å². The van der Waals surface area contributed by atoms with Gasteiger partial charge in [-0.1, -0.05) is 0 Å². The standard InChI is InChI=1S/C6H8B2N2/c1-3-9-7-5(1)6-2-4-10-8-6/h1,3,6,9H,2,4H2. The van der Waals surface area contributed by atoms with Crippen molar-refractivity contribution < 1.29 is 0 Å². The van der Waals surface area contributed by atoms with Gasteiger partial charge in [-0.25, -0.2) is 0 Å². The van der Waals surface area contributed by atoms with Crippen LogP contribution in [-0.2, 0) is 0 Å². The number of rotatable bonds is 1. The normalized spacial score (nSPS) is 22.6. The first-order chi connectivity index (χ1) is 4.97. The van der Waals surface area contributed by atoms with Gasteiger partial charge in [0.05, 0.1) is 0 Å². The number of H-pyrrole nitrogens is 1. The number of aromatic nitrogens is 1. The van der Waals surface area contributed by atoms with Crippen molar-refractivity contribution in [1.82, 2.24) is 4.89 Å². The maximum absolute atomic E-state index is 4.18. The molecule has 1 unspecified atom stereocenters. The van der Waals surface area contributed by atoms with Gasteiger partial charge in [0.25, 0.3) is 0 Å². The maximum atomic E-state index is 4.18. The molecule has 48 valence electrons. The van der Waals surface area contributed by atoms with Crippen LogP contribution in [0.25, 0.3) is 0 Å². The Balaban J connectivity index is 2.20. The molecule has 0 bridgehead atoms. The van der Waals surface area contributed by atoms with Crippen LogP contribution in [0.1, 0.15) is 17.7 Å². The molecule has 1 N–H and O–H groups in total. The van der Waals surface area contributed by atoms with Gasteiger partial charge in [0.2, 0.25) is 0 Å². The van der Waals surface area contributed by atoms with Crippen molar-refractivity contribution in [3.63, 3.8) is 0 Å². The monoisotopic (exact) mass is 130 g/mol. The quantitative estimate of drug-likeness (QED) is 0.541. The zero-order chi connectivity index (χ0) is 6.81. The van der Waals surface area contributed by atoms with E-state index < -0.39 is 0 Å². The fourth-order valence-corrected chi connectivity index (χ4v) is 1.31. The molecule has 2 rings (SSSR count). The van der Waals surface area contributed by atoms with Gasteiger partial charge >= 0.3 is 60.4 Å². The summed E-state index contributed by atoms with van der Waals surface area (Å²) in [6.45, 7) is 0.996. The van der Waals surface area contributed by atoms with Gasteiger partial charge in [-0.2, -0.15) is 0 Å². The molecule has 2 nitrogen and oxygen atoms in total. The van der Waals surface area contributed by atoms with E-state index in [1.807, 2.05) is 20.3 Å². The van der Waals surface area contributed by atoms with Crippen molar-refractivity contribution in [2.24, 2.45) is 4.90 Å². The summed E-state index contributed by atoms with van der Waals surface area (Å²) >= 11 is 0. The van der Waals surface area contributed by atoms with Crippen molar-refractivity contribution in [2.75, 3.05) is 6.54 Å². The third kappa shape index (κ3) is 0.981. The zero-order valence-corrected chi connectivity index (χ0v) is 5.75. The minimum atomic E-state index is 0.575. The van der Waals surface area contributed by atoms with Gasteiger partial charge in [0, 0.05) is 0 Å². The Morgan fingerprint density at radius 1 is 1.70 bits per heavy atom. The summed E-state index contributed by atoms with van der Waals surface area (Å²) in [6, 6.07) is 2.11. The third-order valence-corrected chi connectivity index (χ3v) is 1.90. The molecule has 0 saturated carbocycles. The molecule has 2 heterocycles. The SMILES string of the molecule is B1=NCCC1c1b[nH]cc1. The number of hydrogen-bond acceptors (Lipinski definition) is 1. The Kier molecular flexibility index (Phi) is 1.53. The molecule has 1 atom stereocenters. The predicted octanol–water partition coefficient (Wildman–Crippen LogP) is 0.685. The Morgan fingerprint density at radius 3 is 3.30 bits per heavy atom. The van der Waals surface area contributed by atoms with E-state index in [-0.39, 0.29) is 0 Å². The summed E-state index contributed by atoms with van der Waals surface area (Å²) in [5.74, 6) is 0.575. The molecule has 10 heavy (non-hydrogen) atoms. The fourth-order valence-electron chi connectivity index (χ4n) is 1.31. The fraction of sp³-hybridized carbons (Fsp3) is 0.500. The van der Waals surface area contributed by atoms with Gasteiger partial charge in [-0.15, -0.1) is 0 Å². The Morgan fingerprint density at radius 2 is 2.70 bits per heavy atom. The van der Waals surface area contributed by atoms with Crippen LogP contribution in [0, 0.1) is 0 Å². The van der Waals surface area contributed by atoms with Crippen LogP contribution in [0.3, 0.4) is 0 Å². The molecular weight excluding hydrogens is 122 g/mol. The van der Waals surface area contributed by atoms with Crippen molar-refractivity contribution in [3.8, 4) is 0 Å². The van der Waals surface area contributed by atoms with Gasteiger partial charge in [-0.05, 0) is 0 Å². The Hall–Kier alpha value is -0.660. The van der Waals surface area contributed by atoms with Crippen molar-refractivity contribution in [3.05, 3.63) is 17.7 Å². The molecule has 1 aromatic heterocycles. The van der Waals surface area contributed by atoms with E-state index in [0.717, 1.165) is 6.54 Å². The summed E-state index contributed by atoms with van der Waals surface area (Å²) in [7, 11) is 4.09. The second kappa shape index (κ2) is 2.52. The van der Waals surface area contributed by atoms with Crippen LogP contribution in [-0.4, -0.2) is 25.6 Å². The van der Waals surface area contributed by atoms with E-state index in [0.29, 0.717) is 5.82 Å². The van der Waals surface area contributed by atoms with E-state index in [1.54, 1.807) is 0 Å². The summed E-state index contributed by atoms with van der Waals surface area (Å²) in [5.41, 5.74) is 1.36.